The van der Waals surface area contributed by atoms with E-state index in [-0.39, 0.29) is 97.5 Å². The van der Waals surface area contributed by atoms with Gasteiger partial charge in [0.1, 0.15) is 17.5 Å². The molecule has 0 aromatic heterocycles. The van der Waals surface area contributed by atoms with Crippen LogP contribution in [0.15, 0.2) is 10.3 Å². The Morgan fingerprint density at radius 1 is 0.853 bits per heavy atom. The summed E-state index contributed by atoms with van der Waals surface area (Å²) in [5, 5.41) is 35.0. The number of nitrogens with one attached hydrogen (secondary N) is 3. The third-order valence-electron chi connectivity index (χ3n) is 4.13. The van der Waals surface area contributed by atoms with Crippen LogP contribution < -0.4 is 40.9 Å². The molecule has 8 N–H and O–H groups in total. The second-order valence-electron chi connectivity index (χ2n) is 11.1. The standard InChI is InChI=1S/C7H13ClN2O3.C7H14N2O3.C5H11NO2.C4H8O.C3H6O2.C3H6O.C2H7NO.CH4.Al.ClH2NO.ClH.4F2.2FH.Li.4H/c1-7(2,3)13-6(11)9-4-5(8)10-12;1-7(2,3)12-6(10)8-4-5-9-11;1-4-5(7)6(2)8-3;1-2-4-5-3-1;1-2-3(4)5;1-2-3-4;1-3-4-2;;;1-3-2;;4*1-2;;;;;;;/h12H,4H2,1-3H3,(H,9,11);5,11H,4H2,1-3H3,(H,8,10);4H2,1-3H3;1-4H2;2H2,1H3,(H,4,5);3H,2H2,1H3;3H,1-2H3;1H4;;2H2;1H;;;;;2*1H;;;;;/q;;;;;;;;;;;;;;;;;+1;;;;-1/b10-5-;9-5+;;;;;;;;;;;;;;;;;;;;. The van der Waals surface area contributed by atoms with Gasteiger partial charge in [-0.1, -0.05) is 45.0 Å². The molecule has 0 radical (unpaired) electrons. The quantitative estimate of drug-likeness (QED) is 0.0387. The number of ether oxygens (including phenoxy) is 3. The second-order valence-corrected chi connectivity index (χ2v) is 11.7. The van der Waals surface area contributed by atoms with Crippen LogP contribution in [-0.4, -0.2) is 146 Å². The van der Waals surface area contributed by atoms with E-state index in [4.69, 9.17) is 77.9 Å². The molecular formula is C32H78AlCl3F10LiN7O14. The summed E-state index contributed by atoms with van der Waals surface area (Å²) in [6.45, 7) is 17.9. The number of carbonyl (C=O) groups is 5. The van der Waals surface area contributed by atoms with Crippen molar-refractivity contribution in [3.05, 3.63) is 0 Å². The molecule has 21 nitrogen and oxygen atoms in total. The average Bonchev–Trinajstić information content (AvgIpc) is 3.86. The van der Waals surface area contributed by atoms with Crippen LogP contribution in [0.2, 0.25) is 0 Å². The molecular weight excluding hydrogens is 1040 g/mol. The molecule has 1 heterocycles. The van der Waals surface area contributed by atoms with Gasteiger partial charge in [0.2, 0.25) is 5.91 Å². The number of oxime groups is 2. The maximum atomic E-state index is 11.0. The van der Waals surface area contributed by atoms with Gasteiger partial charge < -0.3 is 51.4 Å². The van der Waals surface area contributed by atoms with Crippen LogP contribution in [0.3, 0.4) is 0 Å². The fourth-order valence-corrected chi connectivity index (χ4v) is 1.88. The zero-order valence-corrected chi connectivity index (χ0v) is 41.6. The number of amides is 3. The first-order chi connectivity index (χ1) is 29.0. The number of nitrogens with two attached hydrogens (primary N) is 1. The van der Waals surface area contributed by atoms with Gasteiger partial charge in [-0.15, -0.1) is 17.6 Å². The van der Waals surface area contributed by atoms with Crippen molar-refractivity contribution in [3.8, 4) is 0 Å². The Kier molecular flexibility index (Phi) is 180. The van der Waals surface area contributed by atoms with E-state index in [9.17, 15) is 24.0 Å². The Balaban J connectivity index is -0.0000000269. The Bertz CT molecular complexity index is 994. The smallest absolute Gasteiger partial charge is 1.00 e. The number of rotatable bonds is 9. The van der Waals surface area contributed by atoms with Crippen molar-refractivity contribution in [2.45, 2.75) is 113 Å². The van der Waals surface area contributed by atoms with Gasteiger partial charge in [0.25, 0.3) is 0 Å². The topological polar surface area (TPSA) is 291 Å². The van der Waals surface area contributed by atoms with E-state index in [1.165, 1.54) is 25.0 Å². The largest absolute Gasteiger partial charge is 1.00 e. The number of halogens is 13. The van der Waals surface area contributed by atoms with Gasteiger partial charge in [0, 0.05) is 83.2 Å². The number of carbonyl (C=O) groups excluding carboxylic acids is 4. The van der Waals surface area contributed by atoms with Crippen molar-refractivity contribution in [2.24, 2.45) is 16.2 Å². The molecule has 0 saturated carbocycles. The van der Waals surface area contributed by atoms with Crippen molar-refractivity contribution < 1.29 is 134 Å². The summed E-state index contributed by atoms with van der Waals surface area (Å²) in [6.07, 6.45) is 4.81. The molecule has 0 aromatic rings. The molecule has 36 heteroatoms. The molecule has 0 aliphatic carbocycles. The van der Waals surface area contributed by atoms with E-state index >= 15 is 0 Å². The van der Waals surface area contributed by atoms with Crippen LogP contribution in [-0.2, 0) is 42.7 Å². The number of carboxylic acid groups (broad SMARTS) is 1. The fourth-order valence-electron chi connectivity index (χ4n) is 1.81. The summed E-state index contributed by atoms with van der Waals surface area (Å²) < 4.78 is 81.9. The number of carboxylic acids is 1. The van der Waals surface area contributed by atoms with Crippen LogP contribution in [0, 0.1) is 0 Å². The van der Waals surface area contributed by atoms with Gasteiger partial charge in [-0.2, -0.15) is 10.3 Å². The molecule has 0 bridgehead atoms. The van der Waals surface area contributed by atoms with Gasteiger partial charge in [-0.3, -0.25) is 23.8 Å². The van der Waals surface area contributed by atoms with Crippen molar-refractivity contribution in [3.63, 3.8) is 0 Å². The fraction of sp³-hybridized carbons (Fsp3) is 0.781. The Morgan fingerprint density at radius 3 is 1.32 bits per heavy atom. The number of aliphatic carboxylic acids is 1. The maximum Gasteiger partial charge on any atom is 1.00 e. The zero-order valence-electron chi connectivity index (χ0n) is 40.3. The third-order valence-corrected chi connectivity index (χ3v) is 4.34. The average molecular weight is 1120 g/mol. The van der Waals surface area contributed by atoms with Crippen molar-refractivity contribution >= 4 is 95.0 Å². The molecule has 420 valence electrons. The Morgan fingerprint density at radius 2 is 1.16 bits per heavy atom. The number of hydrogen-bond donors (Lipinski definition) is 7. The van der Waals surface area contributed by atoms with Crippen LogP contribution >= 0.6 is 35.9 Å². The number of hydrogen-bond acceptors (Lipinski definition) is 17. The predicted octanol–water partition coefficient (Wildman–Crippen LogP) is 5.25. The first-order valence-electron chi connectivity index (χ1n) is 16.8. The van der Waals surface area contributed by atoms with E-state index < -0.39 is 29.4 Å². The van der Waals surface area contributed by atoms with Crippen LogP contribution in [0.5, 0.6) is 0 Å². The van der Waals surface area contributed by atoms with Crippen molar-refractivity contribution in [1.82, 2.24) is 21.2 Å². The molecule has 0 spiro atoms. The maximum absolute atomic E-state index is 11.0. The first kappa shape index (κ1) is 116. The molecule has 0 atom stereocenters. The van der Waals surface area contributed by atoms with Gasteiger partial charge in [-0.25, -0.2) is 20.1 Å². The molecule has 3 amide bonds. The number of aldehydes is 1. The van der Waals surface area contributed by atoms with Crippen LogP contribution in [0.25, 0.3) is 0 Å². The molecule has 1 fully saturated rings. The van der Waals surface area contributed by atoms with Crippen molar-refractivity contribution in [2.75, 3.05) is 54.6 Å². The minimum absolute atomic E-state index is 0. The zero-order chi connectivity index (χ0) is 52.0. The molecule has 0 aromatic carbocycles. The molecule has 1 saturated heterocycles. The Hall–Kier alpha value is -2.85. The normalized spacial score (nSPS) is 9.21. The van der Waals surface area contributed by atoms with E-state index in [1.54, 1.807) is 76.6 Å². The summed E-state index contributed by atoms with van der Waals surface area (Å²) in [5.74, 6) is 3.36. The minimum Gasteiger partial charge on any atom is -1.00 e. The van der Waals surface area contributed by atoms with E-state index in [2.05, 4.69) is 58.3 Å². The van der Waals surface area contributed by atoms with Gasteiger partial charge >= 0.3 is 37.0 Å². The monoisotopic (exact) mass is 1110 g/mol. The van der Waals surface area contributed by atoms with E-state index in [0.717, 1.165) is 25.7 Å². The summed E-state index contributed by atoms with van der Waals surface area (Å²) >= 11 is 9.59. The second kappa shape index (κ2) is 106. The number of hydroxylamine groups is 3. The number of alkyl carbamates (subject to hydrolysis) is 2. The van der Waals surface area contributed by atoms with E-state index in [0.29, 0.717) is 12.8 Å². The molecule has 0 unspecified atom stereocenters. The molecule has 1 rings (SSSR count). The summed E-state index contributed by atoms with van der Waals surface area (Å²) in [7, 11) is 6.33. The first-order valence-corrected chi connectivity index (χ1v) is 17.5. The van der Waals surface area contributed by atoms with Crippen LogP contribution in [0.1, 0.15) is 103 Å². The summed E-state index contributed by atoms with van der Waals surface area (Å²) in [5.41, 5.74) is 1.38. The van der Waals surface area contributed by atoms with Gasteiger partial charge in [0.15, 0.2) is 22.5 Å². The molecule has 1 aliphatic heterocycles. The summed E-state index contributed by atoms with van der Waals surface area (Å²) in [6, 6.07) is 0. The minimum atomic E-state index is -0.745. The van der Waals surface area contributed by atoms with Gasteiger partial charge in [-0.05, 0) is 54.4 Å². The van der Waals surface area contributed by atoms with E-state index in [1.807, 2.05) is 6.92 Å². The molecule has 68 heavy (non-hydrogen) atoms. The van der Waals surface area contributed by atoms with Crippen LogP contribution in [0.4, 0.5) is 55.6 Å². The Labute approximate surface area is 432 Å². The summed E-state index contributed by atoms with van der Waals surface area (Å²) in [4.78, 5) is 59.8. The van der Waals surface area contributed by atoms with Crippen molar-refractivity contribution in [1.29, 1.82) is 0 Å². The predicted molar refractivity (Wildman–Crippen MR) is 244 cm³/mol. The SMILES string of the molecule is C.C1CCOC1.CC(C)(C)OC(=O)NC/C(Cl)=N/O.CC(C)(C)OC(=O)NC/C=N/O.CCC(=O)N(C)OC.CCC(=O)O.CCC=O.CNOC.Cl.F.F.FF.FF.FF.FF.NOCl.[AlH3].[H-].[Li+]. The number of nitrogens with zero attached hydrogens (tertiary/aromatic N) is 3. The van der Waals surface area contributed by atoms with Gasteiger partial charge in [0.05, 0.1) is 45.4 Å². The third kappa shape index (κ3) is 187. The molecule has 1 aliphatic rings.